The molecule has 3 nitrogen and oxygen atoms in total. The summed E-state index contributed by atoms with van der Waals surface area (Å²) in [5.41, 5.74) is 2.18. The van der Waals surface area contributed by atoms with Crippen LogP contribution in [0.15, 0.2) is 18.2 Å². The first-order chi connectivity index (χ1) is 8.06. The first kappa shape index (κ1) is 13.6. The SMILES string of the molecule is CCCc1cccc(C(C)C)c1OCC(=O)O. The van der Waals surface area contributed by atoms with Crippen molar-refractivity contribution < 1.29 is 14.6 Å². The number of aryl methyl sites for hydroxylation is 1. The number of hydrogen-bond donors (Lipinski definition) is 1. The molecule has 0 bridgehead atoms. The molecule has 94 valence electrons. The Labute approximate surface area is 102 Å². The van der Waals surface area contributed by atoms with Crippen LogP contribution in [0.25, 0.3) is 0 Å². The monoisotopic (exact) mass is 236 g/mol. The lowest BCUT2D eigenvalue weighted by molar-refractivity contribution is -0.139. The van der Waals surface area contributed by atoms with Gasteiger partial charge in [0, 0.05) is 0 Å². The maximum absolute atomic E-state index is 10.6. The van der Waals surface area contributed by atoms with Gasteiger partial charge in [0.05, 0.1) is 0 Å². The molecule has 0 aliphatic carbocycles. The predicted molar refractivity (Wildman–Crippen MR) is 67.7 cm³/mol. The summed E-state index contributed by atoms with van der Waals surface area (Å²) in [7, 11) is 0. The van der Waals surface area contributed by atoms with Crippen LogP contribution >= 0.6 is 0 Å². The van der Waals surface area contributed by atoms with E-state index in [0.717, 1.165) is 29.7 Å². The van der Waals surface area contributed by atoms with Crippen LogP contribution < -0.4 is 4.74 Å². The molecule has 0 aromatic heterocycles. The number of carboxylic acid groups (broad SMARTS) is 1. The molecule has 17 heavy (non-hydrogen) atoms. The van der Waals surface area contributed by atoms with Crippen molar-refractivity contribution in [2.45, 2.75) is 39.5 Å². The van der Waals surface area contributed by atoms with E-state index >= 15 is 0 Å². The molecule has 1 rings (SSSR count). The first-order valence-electron chi connectivity index (χ1n) is 6.02. The molecule has 0 aliphatic rings. The third-order valence-corrected chi connectivity index (χ3v) is 2.61. The van der Waals surface area contributed by atoms with E-state index in [2.05, 4.69) is 20.8 Å². The van der Waals surface area contributed by atoms with Crippen LogP contribution in [-0.2, 0) is 11.2 Å². The molecule has 0 amide bonds. The highest BCUT2D eigenvalue weighted by molar-refractivity contribution is 5.68. The van der Waals surface area contributed by atoms with Gasteiger partial charge in [0.1, 0.15) is 5.75 Å². The number of para-hydroxylation sites is 1. The highest BCUT2D eigenvalue weighted by Crippen LogP contribution is 2.31. The summed E-state index contributed by atoms with van der Waals surface area (Å²) in [6, 6.07) is 6.02. The molecule has 0 unspecified atom stereocenters. The van der Waals surface area contributed by atoms with Crippen molar-refractivity contribution in [2.75, 3.05) is 6.61 Å². The van der Waals surface area contributed by atoms with Crippen molar-refractivity contribution in [2.24, 2.45) is 0 Å². The number of ether oxygens (including phenoxy) is 1. The Kier molecular flexibility index (Phi) is 5.01. The Balaban J connectivity index is 3.04. The predicted octanol–water partition coefficient (Wildman–Crippen LogP) is 3.23. The van der Waals surface area contributed by atoms with E-state index in [9.17, 15) is 4.79 Å². The van der Waals surface area contributed by atoms with Gasteiger partial charge < -0.3 is 9.84 Å². The molecule has 0 aliphatic heterocycles. The van der Waals surface area contributed by atoms with Gasteiger partial charge in [-0.3, -0.25) is 0 Å². The fourth-order valence-electron chi connectivity index (χ4n) is 1.84. The van der Waals surface area contributed by atoms with Crippen molar-refractivity contribution in [1.29, 1.82) is 0 Å². The van der Waals surface area contributed by atoms with Crippen LogP contribution in [0.5, 0.6) is 5.75 Å². The standard InChI is InChI=1S/C14H20O3/c1-4-6-11-7-5-8-12(10(2)3)14(11)17-9-13(15)16/h5,7-8,10H,4,6,9H2,1-3H3,(H,15,16). The van der Waals surface area contributed by atoms with Crippen LogP contribution in [0.4, 0.5) is 0 Å². The highest BCUT2D eigenvalue weighted by Gasteiger charge is 2.13. The van der Waals surface area contributed by atoms with Gasteiger partial charge in [0.2, 0.25) is 0 Å². The number of carboxylic acids is 1. The van der Waals surface area contributed by atoms with E-state index in [1.54, 1.807) is 0 Å². The lowest BCUT2D eigenvalue weighted by atomic mass is 9.97. The largest absolute Gasteiger partial charge is 0.481 e. The summed E-state index contributed by atoms with van der Waals surface area (Å²) < 4.78 is 5.44. The van der Waals surface area contributed by atoms with Gasteiger partial charge in [-0.25, -0.2) is 4.79 Å². The lowest BCUT2D eigenvalue weighted by Gasteiger charge is -2.16. The molecule has 0 heterocycles. The Bertz CT molecular complexity index is 383. The average molecular weight is 236 g/mol. The fourth-order valence-corrected chi connectivity index (χ4v) is 1.84. The van der Waals surface area contributed by atoms with E-state index in [4.69, 9.17) is 9.84 Å². The van der Waals surface area contributed by atoms with Gasteiger partial charge in [-0.05, 0) is 23.5 Å². The topological polar surface area (TPSA) is 46.5 Å². The molecule has 3 heteroatoms. The summed E-state index contributed by atoms with van der Waals surface area (Å²) in [6.45, 7) is 5.99. The van der Waals surface area contributed by atoms with E-state index < -0.39 is 5.97 Å². The van der Waals surface area contributed by atoms with Crippen LogP contribution in [-0.4, -0.2) is 17.7 Å². The molecule has 1 aromatic rings. The van der Waals surface area contributed by atoms with E-state index in [-0.39, 0.29) is 6.61 Å². The van der Waals surface area contributed by atoms with Gasteiger partial charge >= 0.3 is 5.97 Å². The fraction of sp³-hybridized carbons (Fsp3) is 0.500. The van der Waals surface area contributed by atoms with Crippen molar-refractivity contribution in [1.82, 2.24) is 0 Å². The Morgan fingerprint density at radius 3 is 2.65 bits per heavy atom. The van der Waals surface area contributed by atoms with Crippen LogP contribution in [0, 0.1) is 0 Å². The minimum absolute atomic E-state index is 0.277. The molecule has 0 fully saturated rings. The van der Waals surface area contributed by atoms with E-state index in [0.29, 0.717) is 5.92 Å². The summed E-state index contributed by atoms with van der Waals surface area (Å²) >= 11 is 0. The Morgan fingerprint density at radius 2 is 2.12 bits per heavy atom. The summed E-state index contributed by atoms with van der Waals surface area (Å²) in [4.78, 5) is 10.6. The smallest absolute Gasteiger partial charge is 0.341 e. The van der Waals surface area contributed by atoms with Gasteiger partial charge in [0.15, 0.2) is 6.61 Å². The molecular weight excluding hydrogens is 216 g/mol. The normalized spacial score (nSPS) is 10.6. The zero-order valence-electron chi connectivity index (χ0n) is 10.7. The number of hydrogen-bond acceptors (Lipinski definition) is 2. The molecule has 0 saturated heterocycles. The van der Waals surface area contributed by atoms with Crippen molar-refractivity contribution in [3.8, 4) is 5.75 Å². The second-order valence-electron chi connectivity index (χ2n) is 4.42. The number of benzene rings is 1. The summed E-state index contributed by atoms with van der Waals surface area (Å²) in [5.74, 6) is 0.147. The minimum Gasteiger partial charge on any atom is -0.481 e. The number of carbonyl (C=O) groups is 1. The molecule has 0 radical (unpaired) electrons. The zero-order chi connectivity index (χ0) is 12.8. The second-order valence-corrected chi connectivity index (χ2v) is 4.42. The van der Waals surface area contributed by atoms with Gasteiger partial charge in [-0.2, -0.15) is 0 Å². The van der Waals surface area contributed by atoms with E-state index in [1.165, 1.54) is 0 Å². The Morgan fingerprint density at radius 1 is 1.41 bits per heavy atom. The van der Waals surface area contributed by atoms with Crippen LogP contribution in [0.2, 0.25) is 0 Å². The first-order valence-corrected chi connectivity index (χ1v) is 6.02. The Hall–Kier alpha value is -1.51. The molecule has 1 N–H and O–H groups in total. The van der Waals surface area contributed by atoms with Crippen molar-refractivity contribution >= 4 is 5.97 Å². The molecular formula is C14H20O3. The number of rotatable bonds is 6. The number of aliphatic carboxylic acids is 1. The maximum Gasteiger partial charge on any atom is 0.341 e. The quantitative estimate of drug-likeness (QED) is 0.824. The summed E-state index contributed by atoms with van der Waals surface area (Å²) in [5, 5.41) is 8.70. The minimum atomic E-state index is -0.939. The zero-order valence-corrected chi connectivity index (χ0v) is 10.7. The third kappa shape index (κ3) is 3.77. The second kappa shape index (κ2) is 6.28. The van der Waals surface area contributed by atoms with E-state index in [1.807, 2.05) is 18.2 Å². The maximum atomic E-state index is 10.6. The molecule has 0 spiro atoms. The molecule has 0 saturated carbocycles. The van der Waals surface area contributed by atoms with Crippen LogP contribution in [0.3, 0.4) is 0 Å². The molecule has 1 aromatic carbocycles. The average Bonchev–Trinajstić information content (AvgIpc) is 2.27. The van der Waals surface area contributed by atoms with Crippen LogP contribution in [0.1, 0.15) is 44.2 Å². The molecule has 0 atom stereocenters. The third-order valence-electron chi connectivity index (χ3n) is 2.61. The van der Waals surface area contributed by atoms with Crippen molar-refractivity contribution in [3.05, 3.63) is 29.3 Å². The lowest BCUT2D eigenvalue weighted by Crippen LogP contribution is -2.12. The van der Waals surface area contributed by atoms with Gasteiger partial charge in [-0.1, -0.05) is 45.4 Å². The van der Waals surface area contributed by atoms with Gasteiger partial charge in [0.25, 0.3) is 0 Å². The highest BCUT2D eigenvalue weighted by atomic mass is 16.5. The van der Waals surface area contributed by atoms with Crippen molar-refractivity contribution in [3.63, 3.8) is 0 Å². The summed E-state index contributed by atoms with van der Waals surface area (Å²) in [6.07, 6.45) is 1.93. The van der Waals surface area contributed by atoms with Gasteiger partial charge in [-0.15, -0.1) is 0 Å².